The molecule has 1 fully saturated rings. The number of hydrogen-bond donors (Lipinski definition) is 0. The van der Waals surface area contributed by atoms with Crippen LogP contribution in [0, 0.1) is 0 Å². The molecule has 0 aromatic carbocycles. The van der Waals surface area contributed by atoms with Gasteiger partial charge in [0.1, 0.15) is 0 Å². The van der Waals surface area contributed by atoms with Gasteiger partial charge in [0.15, 0.2) is 9.84 Å². The summed E-state index contributed by atoms with van der Waals surface area (Å²) in [6.45, 7) is 0.724. The van der Waals surface area contributed by atoms with Gasteiger partial charge < -0.3 is 4.74 Å². The summed E-state index contributed by atoms with van der Waals surface area (Å²) in [4.78, 5) is 0. The molecule has 1 saturated heterocycles. The molecule has 0 bridgehead atoms. The van der Waals surface area contributed by atoms with Gasteiger partial charge in [-0.05, 0) is 25.7 Å². The van der Waals surface area contributed by atoms with Crippen molar-refractivity contribution in [1.29, 1.82) is 0 Å². The Balaban J connectivity index is 2.26. The molecule has 5 heteroatoms. The molecule has 0 aromatic rings. The van der Waals surface area contributed by atoms with E-state index in [0.29, 0.717) is 5.75 Å². The van der Waals surface area contributed by atoms with Gasteiger partial charge in [-0.25, -0.2) is 8.42 Å². The van der Waals surface area contributed by atoms with Crippen molar-refractivity contribution in [3.63, 3.8) is 0 Å². The van der Waals surface area contributed by atoms with E-state index in [0.717, 1.165) is 37.6 Å². The molecule has 0 N–H and O–H groups in total. The van der Waals surface area contributed by atoms with E-state index in [1.807, 2.05) is 0 Å². The molecule has 14 heavy (non-hydrogen) atoms. The largest absolute Gasteiger partial charge is 0.377 e. The maximum absolute atomic E-state index is 11.6. The minimum absolute atomic E-state index is 0.0380. The van der Waals surface area contributed by atoms with Crippen LogP contribution in [0.25, 0.3) is 0 Å². The van der Waals surface area contributed by atoms with E-state index in [1.54, 1.807) is 0 Å². The fraction of sp³-hybridized carbons (Fsp3) is 1.00. The zero-order chi connectivity index (χ0) is 10.4. The van der Waals surface area contributed by atoms with Gasteiger partial charge in [0, 0.05) is 11.9 Å². The van der Waals surface area contributed by atoms with Crippen LogP contribution in [-0.4, -0.2) is 38.0 Å². The van der Waals surface area contributed by atoms with Crippen molar-refractivity contribution in [2.45, 2.75) is 31.8 Å². The van der Waals surface area contributed by atoms with Crippen molar-refractivity contribution in [1.82, 2.24) is 0 Å². The monoisotopic (exact) mass is 284 g/mol. The van der Waals surface area contributed by atoms with E-state index in [1.165, 1.54) is 0 Å². The van der Waals surface area contributed by atoms with Crippen molar-refractivity contribution >= 4 is 25.8 Å². The van der Waals surface area contributed by atoms with Crippen LogP contribution < -0.4 is 0 Å². The maximum Gasteiger partial charge on any atom is 0.152 e. The van der Waals surface area contributed by atoms with Crippen LogP contribution in [0.1, 0.15) is 25.7 Å². The molecule has 0 spiro atoms. The molecule has 3 nitrogen and oxygen atoms in total. The Morgan fingerprint density at radius 1 is 1.36 bits per heavy atom. The van der Waals surface area contributed by atoms with Crippen LogP contribution in [0.4, 0.5) is 0 Å². The van der Waals surface area contributed by atoms with Crippen molar-refractivity contribution in [3.8, 4) is 0 Å². The summed E-state index contributed by atoms with van der Waals surface area (Å²) in [6.07, 6.45) is 3.54. The minimum atomic E-state index is -2.88. The first-order chi connectivity index (χ1) is 6.64. The van der Waals surface area contributed by atoms with Gasteiger partial charge in [0.2, 0.25) is 0 Å². The van der Waals surface area contributed by atoms with Gasteiger partial charge in [-0.3, -0.25) is 0 Å². The molecule has 0 aromatic heterocycles. The molecular weight excluding hydrogens is 268 g/mol. The third-order valence-corrected chi connectivity index (χ3v) is 4.65. The summed E-state index contributed by atoms with van der Waals surface area (Å²) in [7, 11) is -2.88. The van der Waals surface area contributed by atoms with Crippen LogP contribution in [0.3, 0.4) is 0 Å². The number of hydrogen-bond acceptors (Lipinski definition) is 3. The zero-order valence-electron chi connectivity index (χ0n) is 8.25. The normalized spacial score (nSPS) is 22.8. The third kappa shape index (κ3) is 4.75. The smallest absolute Gasteiger partial charge is 0.152 e. The summed E-state index contributed by atoms with van der Waals surface area (Å²) in [5, 5.41) is 0.877. The van der Waals surface area contributed by atoms with Crippen molar-refractivity contribution < 1.29 is 13.2 Å². The molecule has 0 amide bonds. The number of sulfone groups is 1. The maximum atomic E-state index is 11.6. The predicted molar refractivity (Wildman–Crippen MR) is 60.7 cm³/mol. The van der Waals surface area contributed by atoms with Gasteiger partial charge in [-0.2, -0.15) is 0 Å². The molecule has 1 aliphatic heterocycles. The second kappa shape index (κ2) is 6.08. The Kier molecular flexibility index (Phi) is 5.41. The third-order valence-electron chi connectivity index (χ3n) is 2.30. The fourth-order valence-corrected chi connectivity index (χ4v) is 3.60. The van der Waals surface area contributed by atoms with Crippen LogP contribution >= 0.6 is 15.9 Å². The summed E-state index contributed by atoms with van der Waals surface area (Å²) < 4.78 is 28.4. The Morgan fingerprint density at radius 3 is 2.71 bits per heavy atom. The molecule has 1 aliphatic rings. The van der Waals surface area contributed by atoms with Gasteiger partial charge in [-0.15, -0.1) is 0 Å². The lowest BCUT2D eigenvalue weighted by atomic mass is 10.3. The number of ether oxygens (including phenoxy) is 1. The Morgan fingerprint density at radius 2 is 2.14 bits per heavy atom. The average molecular weight is 285 g/mol. The minimum Gasteiger partial charge on any atom is -0.377 e. The van der Waals surface area contributed by atoms with Crippen LogP contribution in [-0.2, 0) is 14.6 Å². The Bertz CT molecular complexity index is 245. The lowest BCUT2D eigenvalue weighted by Crippen LogP contribution is -2.22. The van der Waals surface area contributed by atoms with E-state index in [9.17, 15) is 8.42 Å². The molecule has 0 radical (unpaired) electrons. The highest BCUT2D eigenvalue weighted by atomic mass is 79.9. The standard InChI is InChI=1S/C9H17BrO3S/c10-5-1-2-7-14(11,12)8-9-4-3-6-13-9/h9H,1-8H2. The highest BCUT2D eigenvalue weighted by Gasteiger charge is 2.22. The first kappa shape index (κ1) is 12.5. The SMILES string of the molecule is O=S(=O)(CCCCBr)CC1CCCO1. The average Bonchev–Trinajstić information content (AvgIpc) is 2.56. The summed E-state index contributed by atoms with van der Waals surface area (Å²) in [5.74, 6) is 0.522. The van der Waals surface area contributed by atoms with Crippen LogP contribution in [0.15, 0.2) is 0 Å². The summed E-state index contributed by atoms with van der Waals surface area (Å²) in [6, 6.07) is 0. The first-order valence-electron chi connectivity index (χ1n) is 5.02. The second-order valence-corrected chi connectivity index (χ2v) is 6.67. The van der Waals surface area contributed by atoms with Crippen molar-refractivity contribution in [3.05, 3.63) is 0 Å². The summed E-state index contributed by atoms with van der Waals surface area (Å²) >= 11 is 3.29. The summed E-state index contributed by atoms with van der Waals surface area (Å²) in [5.41, 5.74) is 0. The van der Waals surface area contributed by atoms with E-state index in [2.05, 4.69) is 15.9 Å². The molecule has 1 atom stereocenters. The van der Waals surface area contributed by atoms with Gasteiger partial charge in [0.05, 0.1) is 17.6 Å². The Hall–Kier alpha value is 0.390. The number of rotatable bonds is 6. The van der Waals surface area contributed by atoms with Gasteiger partial charge >= 0.3 is 0 Å². The molecule has 0 aliphatic carbocycles. The van der Waals surface area contributed by atoms with Gasteiger partial charge in [-0.1, -0.05) is 15.9 Å². The van der Waals surface area contributed by atoms with Gasteiger partial charge in [0.25, 0.3) is 0 Å². The quantitative estimate of drug-likeness (QED) is 0.551. The molecule has 84 valence electrons. The number of halogens is 1. The molecule has 1 rings (SSSR count). The predicted octanol–water partition coefficient (Wildman–Crippen LogP) is 1.76. The highest BCUT2D eigenvalue weighted by Crippen LogP contribution is 2.14. The van der Waals surface area contributed by atoms with Crippen molar-refractivity contribution in [2.24, 2.45) is 0 Å². The molecule has 1 heterocycles. The van der Waals surface area contributed by atoms with E-state index in [-0.39, 0.29) is 11.9 Å². The molecule has 0 saturated carbocycles. The van der Waals surface area contributed by atoms with E-state index in [4.69, 9.17) is 4.74 Å². The number of alkyl halides is 1. The first-order valence-corrected chi connectivity index (χ1v) is 7.96. The Labute approximate surface area is 94.3 Å². The molecular formula is C9H17BrO3S. The fourth-order valence-electron chi connectivity index (χ4n) is 1.56. The van der Waals surface area contributed by atoms with Crippen LogP contribution in [0.2, 0.25) is 0 Å². The van der Waals surface area contributed by atoms with E-state index >= 15 is 0 Å². The van der Waals surface area contributed by atoms with E-state index < -0.39 is 9.84 Å². The number of unbranched alkanes of at least 4 members (excludes halogenated alkanes) is 1. The highest BCUT2D eigenvalue weighted by molar-refractivity contribution is 9.09. The lowest BCUT2D eigenvalue weighted by Gasteiger charge is -2.09. The topological polar surface area (TPSA) is 43.4 Å². The molecule has 1 unspecified atom stereocenters. The van der Waals surface area contributed by atoms with Crippen molar-refractivity contribution in [2.75, 3.05) is 23.4 Å². The van der Waals surface area contributed by atoms with Crippen LogP contribution in [0.5, 0.6) is 0 Å². The zero-order valence-corrected chi connectivity index (χ0v) is 10.6. The lowest BCUT2D eigenvalue weighted by molar-refractivity contribution is 0.127. The second-order valence-electron chi connectivity index (χ2n) is 3.65.